The summed E-state index contributed by atoms with van der Waals surface area (Å²) in [7, 11) is 3.27. The molecule has 0 saturated heterocycles. The summed E-state index contributed by atoms with van der Waals surface area (Å²) in [6.45, 7) is 4.38. The molecule has 1 aromatic rings. The third-order valence-electron chi connectivity index (χ3n) is 2.89. The van der Waals surface area contributed by atoms with Crippen molar-refractivity contribution in [3.05, 3.63) is 16.5 Å². The van der Waals surface area contributed by atoms with Crippen LogP contribution in [0.2, 0.25) is 0 Å². The number of carbonyl (C=O) groups is 1. The van der Waals surface area contributed by atoms with Gasteiger partial charge in [-0.25, -0.2) is 8.42 Å². The third kappa shape index (κ3) is 4.19. The summed E-state index contributed by atoms with van der Waals surface area (Å²) in [6, 6.07) is 0. The Kier molecular flexibility index (Phi) is 5.82. The van der Waals surface area contributed by atoms with E-state index < -0.39 is 9.05 Å². The van der Waals surface area contributed by atoms with Gasteiger partial charge in [0, 0.05) is 29.7 Å². The van der Waals surface area contributed by atoms with Gasteiger partial charge in [-0.2, -0.15) is 0 Å². The van der Waals surface area contributed by atoms with Crippen LogP contribution in [0.3, 0.4) is 0 Å². The van der Waals surface area contributed by atoms with Crippen molar-refractivity contribution in [1.82, 2.24) is 4.90 Å². The molecule has 1 heterocycles. The maximum absolute atomic E-state index is 12.2. The summed E-state index contributed by atoms with van der Waals surface area (Å²) in [5, 5.41) is 1.56. The first-order chi connectivity index (χ1) is 8.79. The molecule has 0 aliphatic rings. The molecule has 0 N–H and O–H groups in total. The van der Waals surface area contributed by atoms with Gasteiger partial charge in [0.2, 0.25) is 0 Å². The molecule has 19 heavy (non-hydrogen) atoms. The molecule has 0 saturated carbocycles. The van der Waals surface area contributed by atoms with Gasteiger partial charge in [0.05, 0.1) is 5.56 Å². The fourth-order valence-electron chi connectivity index (χ4n) is 1.76. The molecule has 108 valence electrons. The predicted octanol–water partition coefficient (Wildman–Crippen LogP) is 3.25. The fourth-order valence-corrected chi connectivity index (χ4v) is 4.30. The molecule has 0 aliphatic carbocycles. The van der Waals surface area contributed by atoms with Gasteiger partial charge < -0.3 is 4.90 Å². The topological polar surface area (TPSA) is 54.5 Å². The van der Waals surface area contributed by atoms with Gasteiger partial charge in [-0.3, -0.25) is 4.79 Å². The lowest BCUT2D eigenvalue weighted by Gasteiger charge is -2.16. The summed E-state index contributed by atoms with van der Waals surface area (Å²) in [6.07, 6.45) is 3.11. The SMILES string of the molecule is CCCCCN(C)C(=O)c1csc(S(=O)(=O)Cl)c1C. The highest BCUT2D eigenvalue weighted by atomic mass is 35.7. The molecule has 4 nitrogen and oxygen atoms in total. The zero-order chi connectivity index (χ0) is 14.6. The Morgan fingerprint density at radius 3 is 2.53 bits per heavy atom. The van der Waals surface area contributed by atoms with Gasteiger partial charge >= 0.3 is 0 Å². The lowest BCUT2D eigenvalue weighted by molar-refractivity contribution is 0.0792. The van der Waals surface area contributed by atoms with Crippen LogP contribution in [-0.4, -0.2) is 32.8 Å². The van der Waals surface area contributed by atoms with Gasteiger partial charge in [0.25, 0.3) is 15.0 Å². The van der Waals surface area contributed by atoms with Crippen LogP contribution < -0.4 is 0 Å². The van der Waals surface area contributed by atoms with E-state index in [2.05, 4.69) is 6.92 Å². The fraction of sp³-hybridized carbons (Fsp3) is 0.583. The van der Waals surface area contributed by atoms with Gasteiger partial charge in [-0.1, -0.05) is 19.8 Å². The Morgan fingerprint density at radius 2 is 2.05 bits per heavy atom. The summed E-state index contributed by atoms with van der Waals surface area (Å²) < 4.78 is 22.7. The summed E-state index contributed by atoms with van der Waals surface area (Å²) in [5.41, 5.74) is 0.857. The van der Waals surface area contributed by atoms with E-state index in [1.165, 1.54) is 0 Å². The van der Waals surface area contributed by atoms with Crippen LogP contribution in [0.5, 0.6) is 0 Å². The molecule has 1 aromatic heterocycles. The third-order valence-corrected chi connectivity index (χ3v) is 6.20. The quantitative estimate of drug-likeness (QED) is 0.596. The first kappa shape index (κ1) is 16.5. The number of halogens is 1. The largest absolute Gasteiger partial charge is 0.342 e. The molecule has 0 fully saturated rings. The molecule has 0 atom stereocenters. The first-order valence-corrected chi connectivity index (χ1v) is 9.26. The summed E-state index contributed by atoms with van der Waals surface area (Å²) in [5.74, 6) is -0.156. The second-order valence-electron chi connectivity index (χ2n) is 4.43. The van der Waals surface area contributed by atoms with Crippen molar-refractivity contribution in [1.29, 1.82) is 0 Å². The zero-order valence-electron chi connectivity index (χ0n) is 11.3. The normalized spacial score (nSPS) is 11.6. The van der Waals surface area contributed by atoms with Gasteiger partial charge in [-0.15, -0.1) is 11.3 Å². The average Bonchev–Trinajstić information content (AvgIpc) is 2.70. The van der Waals surface area contributed by atoms with Crippen LogP contribution in [-0.2, 0) is 9.05 Å². The molecule has 7 heteroatoms. The lowest BCUT2D eigenvalue weighted by atomic mass is 10.2. The van der Waals surface area contributed by atoms with Crippen molar-refractivity contribution >= 4 is 37.0 Å². The zero-order valence-corrected chi connectivity index (χ0v) is 13.7. The molecular formula is C12H18ClNO3S2. The molecule has 0 aliphatic heterocycles. The Hall–Kier alpha value is -0.590. The van der Waals surface area contributed by atoms with Crippen molar-refractivity contribution in [2.24, 2.45) is 0 Å². The number of unbranched alkanes of at least 4 members (excludes halogenated alkanes) is 2. The van der Waals surface area contributed by atoms with Crippen molar-refractivity contribution in [3.63, 3.8) is 0 Å². The minimum absolute atomic E-state index is 0.0551. The van der Waals surface area contributed by atoms with Crippen molar-refractivity contribution in [3.8, 4) is 0 Å². The van der Waals surface area contributed by atoms with Crippen LogP contribution in [0.25, 0.3) is 0 Å². The Labute approximate surface area is 122 Å². The van der Waals surface area contributed by atoms with Crippen molar-refractivity contribution in [2.45, 2.75) is 37.3 Å². The Morgan fingerprint density at radius 1 is 1.42 bits per heavy atom. The maximum atomic E-state index is 12.2. The van der Waals surface area contributed by atoms with E-state index in [1.54, 1.807) is 24.3 Å². The predicted molar refractivity (Wildman–Crippen MR) is 78.6 cm³/mol. The van der Waals surface area contributed by atoms with E-state index in [0.717, 1.165) is 30.6 Å². The number of thiophene rings is 1. The van der Waals surface area contributed by atoms with E-state index >= 15 is 0 Å². The average molecular weight is 324 g/mol. The molecule has 0 bridgehead atoms. The number of carbonyl (C=O) groups excluding carboxylic acids is 1. The molecule has 1 amide bonds. The minimum atomic E-state index is -3.77. The number of rotatable bonds is 6. The number of hydrogen-bond donors (Lipinski definition) is 0. The molecule has 0 unspecified atom stereocenters. The maximum Gasteiger partial charge on any atom is 0.271 e. The van der Waals surface area contributed by atoms with Crippen LogP contribution in [0.1, 0.15) is 42.1 Å². The van der Waals surface area contributed by atoms with E-state index in [9.17, 15) is 13.2 Å². The first-order valence-electron chi connectivity index (χ1n) is 6.07. The molecule has 0 aromatic carbocycles. The second-order valence-corrected chi connectivity index (χ2v) is 8.07. The Balaban J connectivity index is 2.87. The van der Waals surface area contributed by atoms with Gasteiger partial charge in [0.1, 0.15) is 4.21 Å². The highest BCUT2D eigenvalue weighted by Gasteiger charge is 2.23. The number of nitrogens with zero attached hydrogens (tertiary/aromatic N) is 1. The van der Waals surface area contributed by atoms with E-state index in [4.69, 9.17) is 10.7 Å². The van der Waals surface area contributed by atoms with Crippen LogP contribution >= 0.6 is 22.0 Å². The second kappa shape index (κ2) is 6.72. The summed E-state index contributed by atoms with van der Waals surface area (Å²) in [4.78, 5) is 13.8. The molecule has 0 spiro atoms. The number of hydrogen-bond acceptors (Lipinski definition) is 4. The van der Waals surface area contributed by atoms with Crippen LogP contribution in [0, 0.1) is 6.92 Å². The monoisotopic (exact) mass is 323 g/mol. The molecule has 1 rings (SSSR count). The van der Waals surface area contributed by atoms with Crippen molar-refractivity contribution < 1.29 is 13.2 Å². The van der Waals surface area contributed by atoms with Crippen molar-refractivity contribution in [2.75, 3.05) is 13.6 Å². The highest BCUT2D eigenvalue weighted by Crippen LogP contribution is 2.29. The van der Waals surface area contributed by atoms with Crippen LogP contribution in [0.4, 0.5) is 0 Å². The lowest BCUT2D eigenvalue weighted by Crippen LogP contribution is -2.27. The standard InChI is InChI=1S/C12H18ClNO3S2/c1-4-5-6-7-14(3)11(15)10-8-18-12(9(10)2)19(13,16)17/h8H,4-7H2,1-3H3. The molecular weight excluding hydrogens is 306 g/mol. The Bertz CT molecular complexity index is 551. The summed E-state index contributed by atoms with van der Waals surface area (Å²) >= 11 is 0.990. The van der Waals surface area contributed by atoms with Crippen LogP contribution in [0.15, 0.2) is 9.59 Å². The van der Waals surface area contributed by atoms with E-state index in [0.29, 0.717) is 17.7 Å². The van der Waals surface area contributed by atoms with Gasteiger partial charge in [-0.05, 0) is 18.9 Å². The highest BCUT2D eigenvalue weighted by molar-refractivity contribution is 8.15. The smallest absolute Gasteiger partial charge is 0.271 e. The van der Waals surface area contributed by atoms with E-state index in [1.807, 2.05) is 0 Å². The van der Waals surface area contributed by atoms with Gasteiger partial charge in [0.15, 0.2) is 0 Å². The minimum Gasteiger partial charge on any atom is -0.342 e. The van der Waals surface area contributed by atoms with E-state index in [-0.39, 0.29) is 10.1 Å². The molecule has 0 radical (unpaired) electrons. The number of amides is 1.